The first-order chi connectivity index (χ1) is 3.79. The molecule has 0 fully saturated rings. The molecular formula is C8H10Zr. The van der Waals surface area contributed by atoms with Gasteiger partial charge in [0.1, 0.15) is 0 Å². The van der Waals surface area contributed by atoms with Crippen LogP contribution in [0.25, 0.3) is 0 Å². The molecule has 46 valence electrons. The van der Waals surface area contributed by atoms with Crippen LogP contribution in [0.5, 0.6) is 0 Å². The fourth-order valence-corrected chi connectivity index (χ4v) is 0.807. The second-order valence-corrected chi connectivity index (χ2v) is 2.16. The van der Waals surface area contributed by atoms with Gasteiger partial charge in [-0.25, -0.2) is 0 Å². The van der Waals surface area contributed by atoms with Gasteiger partial charge in [-0.2, -0.15) is 0 Å². The molecule has 0 aliphatic heterocycles. The second-order valence-electron chi connectivity index (χ2n) is 2.16. The number of aryl methyl sites for hydroxylation is 2. The zero-order chi connectivity index (χ0) is 5.98. The molecule has 0 unspecified atom stereocenters. The zero-order valence-corrected chi connectivity index (χ0v) is 8.27. The van der Waals surface area contributed by atoms with Crippen LogP contribution in [0.4, 0.5) is 0 Å². The first-order valence-electron chi connectivity index (χ1n) is 2.82. The molecule has 1 rings (SSSR count). The van der Waals surface area contributed by atoms with Crippen LogP contribution in [0, 0.1) is 13.8 Å². The van der Waals surface area contributed by atoms with Crippen molar-refractivity contribution in [2.75, 3.05) is 0 Å². The molecule has 0 aliphatic rings. The van der Waals surface area contributed by atoms with Crippen LogP contribution in [0.1, 0.15) is 11.1 Å². The molecule has 1 heteroatoms. The summed E-state index contributed by atoms with van der Waals surface area (Å²) < 4.78 is 0. The third-order valence-electron chi connectivity index (χ3n) is 1.17. The Balaban J connectivity index is 0.000000640. The quantitative estimate of drug-likeness (QED) is 0.599. The van der Waals surface area contributed by atoms with Gasteiger partial charge in [-0.1, -0.05) is 35.4 Å². The van der Waals surface area contributed by atoms with Crippen LogP contribution in [-0.4, -0.2) is 0 Å². The molecule has 0 atom stereocenters. The minimum absolute atomic E-state index is 0. The monoisotopic (exact) mass is 196 g/mol. The van der Waals surface area contributed by atoms with Crippen molar-refractivity contribution in [3.05, 3.63) is 35.4 Å². The Morgan fingerprint density at radius 1 is 1.00 bits per heavy atom. The van der Waals surface area contributed by atoms with Crippen LogP contribution in [0.15, 0.2) is 24.3 Å². The average Bonchev–Trinajstić information content (AvgIpc) is 1.64. The molecule has 0 bridgehead atoms. The fraction of sp³-hybridized carbons (Fsp3) is 0.250. The van der Waals surface area contributed by atoms with Crippen LogP contribution < -0.4 is 0 Å². The van der Waals surface area contributed by atoms with Gasteiger partial charge in [-0.3, -0.25) is 0 Å². The molecule has 0 aliphatic carbocycles. The molecule has 0 saturated carbocycles. The predicted octanol–water partition coefficient (Wildman–Crippen LogP) is 2.30. The van der Waals surface area contributed by atoms with Gasteiger partial charge in [0.2, 0.25) is 0 Å². The van der Waals surface area contributed by atoms with Gasteiger partial charge in [0.15, 0.2) is 0 Å². The van der Waals surface area contributed by atoms with Crippen molar-refractivity contribution in [3.63, 3.8) is 0 Å². The summed E-state index contributed by atoms with van der Waals surface area (Å²) >= 11 is 0. The first-order valence-corrected chi connectivity index (χ1v) is 2.82. The van der Waals surface area contributed by atoms with E-state index in [4.69, 9.17) is 0 Å². The molecule has 1 aromatic carbocycles. The summed E-state index contributed by atoms with van der Waals surface area (Å²) in [4.78, 5) is 0. The van der Waals surface area contributed by atoms with E-state index in [1.807, 2.05) is 0 Å². The smallest absolute Gasteiger partial charge is 0 e. The summed E-state index contributed by atoms with van der Waals surface area (Å²) in [5.41, 5.74) is 2.68. The Morgan fingerprint density at radius 3 is 1.67 bits per heavy atom. The number of rotatable bonds is 0. The Kier molecular flexibility index (Phi) is 4.05. The summed E-state index contributed by atoms with van der Waals surface area (Å²) in [6.45, 7) is 4.21. The minimum atomic E-state index is 0. The topological polar surface area (TPSA) is 0 Å². The molecule has 0 heterocycles. The largest absolute Gasteiger partial charge is 0.0617 e. The standard InChI is InChI=1S/C8H10.Zr/c1-7-4-3-5-8(2)6-7;/h3-6H,1-2H3;. The zero-order valence-electron chi connectivity index (χ0n) is 5.81. The predicted molar refractivity (Wildman–Crippen MR) is 35.9 cm³/mol. The molecular weight excluding hydrogens is 187 g/mol. The average molecular weight is 197 g/mol. The van der Waals surface area contributed by atoms with Gasteiger partial charge in [0, 0.05) is 26.2 Å². The van der Waals surface area contributed by atoms with Crippen molar-refractivity contribution in [1.82, 2.24) is 0 Å². The summed E-state index contributed by atoms with van der Waals surface area (Å²) in [7, 11) is 0. The molecule has 0 nitrogen and oxygen atoms in total. The van der Waals surface area contributed by atoms with Crippen LogP contribution in [-0.2, 0) is 26.2 Å². The number of hydrogen-bond donors (Lipinski definition) is 0. The van der Waals surface area contributed by atoms with Crippen LogP contribution in [0.3, 0.4) is 0 Å². The van der Waals surface area contributed by atoms with Gasteiger partial charge in [0.25, 0.3) is 0 Å². The van der Waals surface area contributed by atoms with E-state index in [-0.39, 0.29) is 26.2 Å². The molecule has 1 aromatic rings. The minimum Gasteiger partial charge on any atom is -0.0617 e. The maximum atomic E-state index is 2.17. The van der Waals surface area contributed by atoms with E-state index in [2.05, 4.69) is 38.1 Å². The van der Waals surface area contributed by atoms with Gasteiger partial charge in [-0.05, 0) is 13.8 Å². The number of benzene rings is 1. The maximum absolute atomic E-state index is 2.17. The molecule has 0 radical (unpaired) electrons. The van der Waals surface area contributed by atoms with Crippen LogP contribution >= 0.6 is 0 Å². The molecule has 0 spiro atoms. The first kappa shape index (κ1) is 9.10. The van der Waals surface area contributed by atoms with Gasteiger partial charge in [-0.15, -0.1) is 0 Å². The maximum Gasteiger partial charge on any atom is 0 e. The molecule has 9 heavy (non-hydrogen) atoms. The van der Waals surface area contributed by atoms with E-state index in [1.165, 1.54) is 11.1 Å². The van der Waals surface area contributed by atoms with Crippen molar-refractivity contribution in [2.24, 2.45) is 0 Å². The van der Waals surface area contributed by atoms with Crippen LogP contribution in [0.2, 0.25) is 0 Å². The third kappa shape index (κ3) is 2.96. The molecule has 0 N–H and O–H groups in total. The van der Waals surface area contributed by atoms with E-state index >= 15 is 0 Å². The van der Waals surface area contributed by atoms with Crippen molar-refractivity contribution >= 4 is 0 Å². The Bertz CT molecular complexity index is 164. The van der Waals surface area contributed by atoms with Crippen molar-refractivity contribution in [1.29, 1.82) is 0 Å². The molecule has 0 saturated heterocycles. The van der Waals surface area contributed by atoms with Gasteiger partial charge in [0.05, 0.1) is 0 Å². The van der Waals surface area contributed by atoms with Gasteiger partial charge >= 0.3 is 0 Å². The normalized spacial score (nSPS) is 8.22. The summed E-state index contributed by atoms with van der Waals surface area (Å²) in [6, 6.07) is 8.45. The van der Waals surface area contributed by atoms with Gasteiger partial charge < -0.3 is 0 Å². The Labute approximate surface area is 75.4 Å². The summed E-state index contributed by atoms with van der Waals surface area (Å²) in [5.74, 6) is 0. The van der Waals surface area contributed by atoms with Crippen molar-refractivity contribution in [2.45, 2.75) is 13.8 Å². The fourth-order valence-electron chi connectivity index (χ4n) is 0.807. The summed E-state index contributed by atoms with van der Waals surface area (Å²) in [5, 5.41) is 0. The SMILES string of the molecule is Cc1cccc(C)c1.[Zr]. The summed E-state index contributed by atoms with van der Waals surface area (Å²) in [6.07, 6.45) is 0. The number of hydrogen-bond acceptors (Lipinski definition) is 0. The van der Waals surface area contributed by atoms with E-state index in [1.54, 1.807) is 0 Å². The van der Waals surface area contributed by atoms with E-state index < -0.39 is 0 Å². The van der Waals surface area contributed by atoms with E-state index in [0.29, 0.717) is 0 Å². The van der Waals surface area contributed by atoms with E-state index in [9.17, 15) is 0 Å². The molecule has 0 aromatic heterocycles. The van der Waals surface area contributed by atoms with Crippen molar-refractivity contribution in [3.8, 4) is 0 Å². The molecule has 0 amide bonds. The van der Waals surface area contributed by atoms with Crippen molar-refractivity contribution < 1.29 is 26.2 Å². The third-order valence-corrected chi connectivity index (χ3v) is 1.17. The Hall–Kier alpha value is 0.103. The van der Waals surface area contributed by atoms with E-state index in [0.717, 1.165) is 0 Å². The second kappa shape index (κ2) is 4.01. The Morgan fingerprint density at radius 2 is 1.44 bits per heavy atom.